The summed E-state index contributed by atoms with van der Waals surface area (Å²) in [5.41, 5.74) is 8.19. The molecule has 0 radical (unpaired) electrons. The van der Waals surface area contributed by atoms with Gasteiger partial charge in [-0.2, -0.15) is 0 Å². The van der Waals surface area contributed by atoms with Crippen molar-refractivity contribution in [1.29, 1.82) is 0 Å². The fourth-order valence-corrected chi connectivity index (χ4v) is 3.07. The van der Waals surface area contributed by atoms with Crippen LogP contribution in [0.25, 0.3) is 11.1 Å². The molecule has 0 spiro atoms. The third-order valence-electron chi connectivity index (χ3n) is 4.13. The van der Waals surface area contributed by atoms with Crippen LogP contribution in [0.5, 0.6) is 0 Å². The van der Waals surface area contributed by atoms with Crippen molar-refractivity contribution in [3.8, 4) is 11.1 Å². The second kappa shape index (κ2) is 5.10. The molecule has 0 heterocycles. The first-order valence-corrected chi connectivity index (χ1v) is 7.39. The lowest BCUT2D eigenvalue weighted by Gasteiger charge is -2.08. The molecule has 1 heteroatoms. The summed E-state index contributed by atoms with van der Waals surface area (Å²) in [7, 11) is 0. The van der Waals surface area contributed by atoms with E-state index in [1.807, 2.05) is 6.07 Å². The van der Waals surface area contributed by atoms with Crippen molar-refractivity contribution in [2.45, 2.75) is 13.0 Å². The van der Waals surface area contributed by atoms with Gasteiger partial charge in [-0.15, -0.1) is 0 Å². The fraction of sp³-hybridized carbons (Fsp3) is 0.100. The van der Waals surface area contributed by atoms with Crippen LogP contribution in [0, 0.1) is 0 Å². The van der Waals surface area contributed by atoms with Gasteiger partial charge in [0.25, 0.3) is 0 Å². The van der Waals surface area contributed by atoms with Gasteiger partial charge < -0.3 is 5.32 Å². The van der Waals surface area contributed by atoms with Crippen molar-refractivity contribution in [2.75, 3.05) is 5.32 Å². The zero-order valence-electron chi connectivity index (χ0n) is 11.8. The van der Waals surface area contributed by atoms with E-state index in [2.05, 4.69) is 72.0 Å². The maximum atomic E-state index is 3.47. The highest BCUT2D eigenvalue weighted by Crippen LogP contribution is 2.36. The van der Waals surface area contributed by atoms with E-state index < -0.39 is 0 Å². The Hall–Kier alpha value is -2.54. The maximum Gasteiger partial charge on any atom is 0.0400 e. The van der Waals surface area contributed by atoms with E-state index in [-0.39, 0.29) is 0 Å². The van der Waals surface area contributed by atoms with Crippen LogP contribution in [0.4, 0.5) is 5.69 Å². The molecule has 3 aromatic rings. The largest absolute Gasteiger partial charge is 0.381 e. The van der Waals surface area contributed by atoms with Crippen molar-refractivity contribution >= 4 is 5.69 Å². The molecule has 3 aromatic carbocycles. The predicted octanol–water partition coefficient (Wildman–Crippen LogP) is 4.87. The number of para-hydroxylation sites is 1. The topological polar surface area (TPSA) is 12.0 Å². The van der Waals surface area contributed by atoms with E-state index >= 15 is 0 Å². The second-order valence-corrected chi connectivity index (χ2v) is 5.55. The van der Waals surface area contributed by atoms with Gasteiger partial charge in [-0.3, -0.25) is 0 Å². The zero-order valence-corrected chi connectivity index (χ0v) is 11.8. The molecule has 1 nitrogen and oxygen atoms in total. The molecule has 0 unspecified atom stereocenters. The molecule has 4 rings (SSSR count). The van der Waals surface area contributed by atoms with Crippen molar-refractivity contribution < 1.29 is 0 Å². The molecule has 0 saturated heterocycles. The third-order valence-corrected chi connectivity index (χ3v) is 4.13. The summed E-state index contributed by atoms with van der Waals surface area (Å²) in [6.45, 7) is 0.869. The van der Waals surface area contributed by atoms with Crippen molar-refractivity contribution in [1.82, 2.24) is 0 Å². The number of nitrogens with one attached hydrogen (secondary N) is 1. The molecule has 1 N–H and O–H groups in total. The van der Waals surface area contributed by atoms with E-state index in [0.717, 1.165) is 13.0 Å². The second-order valence-electron chi connectivity index (χ2n) is 5.55. The Labute approximate surface area is 125 Å². The lowest BCUT2D eigenvalue weighted by atomic mass is 10.0. The van der Waals surface area contributed by atoms with Crippen LogP contribution >= 0.6 is 0 Å². The molecule has 0 amide bonds. The molecular formula is C20H17N. The summed E-state index contributed by atoms with van der Waals surface area (Å²) in [6.07, 6.45) is 1.06. The van der Waals surface area contributed by atoms with Gasteiger partial charge in [0.2, 0.25) is 0 Å². The highest BCUT2D eigenvalue weighted by molar-refractivity contribution is 5.76. The summed E-state index contributed by atoms with van der Waals surface area (Å²) < 4.78 is 0. The normalized spacial score (nSPS) is 11.8. The van der Waals surface area contributed by atoms with Gasteiger partial charge in [0.05, 0.1) is 0 Å². The van der Waals surface area contributed by atoms with Crippen LogP contribution in [0.1, 0.15) is 16.7 Å². The molecule has 0 atom stereocenters. The highest BCUT2D eigenvalue weighted by atomic mass is 14.9. The molecule has 0 fully saturated rings. The molecule has 1 aliphatic rings. The number of rotatable bonds is 3. The molecule has 1 aliphatic carbocycles. The standard InChI is InChI=1S/C20H17N/c1-2-7-18(8-3-1)21-14-15-10-11-20-17(12-15)13-16-6-4-5-9-19(16)20/h1-12,21H,13-14H2. The molecular weight excluding hydrogens is 254 g/mol. The van der Waals surface area contributed by atoms with Gasteiger partial charge >= 0.3 is 0 Å². The maximum absolute atomic E-state index is 3.47. The number of hydrogen-bond donors (Lipinski definition) is 1. The van der Waals surface area contributed by atoms with Crippen molar-refractivity contribution in [3.05, 3.63) is 89.5 Å². The summed E-state index contributed by atoms with van der Waals surface area (Å²) in [6, 6.07) is 25.9. The lowest BCUT2D eigenvalue weighted by molar-refractivity contribution is 1.13. The Morgan fingerprint density at radius 3 is 2.38 bits per heavy atom. The molecule has 0 aliphatic heterocycles. The highest BCUT2D eigenvalue weighted by Gasteiger charge is 2.17. The first-order valence-electron chi connectivity index (χ1n) is 7.39. The van der Waals surface area contributed by atoms with E-state index in [1.54, 1.807) is 0 Å². The van der Waals surface area contributed by atoms with Gasteiger partial charge in [-0.25, -0.2) is 0 Å². The number of benzene rings is 3. The first kappa shape index (κ1) is 12.2. The minimum absolute atomic E-state index is 0.869. The Morgan fingerprint density at radius 2 is 1.48 bits per heavy atom. The quantitative estimate of drug-likeness (QED) is 0.560. The minimum atomic E-state index is 0.869. The van der Waals surface area contributed by atoms with Gasteiger partial charge in [0, 0.05) is 12.2 Å². The van der Waals surface area contributed by atoms with Crippen LogP contribution in [-0.2, 0) is 13.0 Å². The predicted molar refractivity (Wildman–Crippen MR) is 88.5 cm³/mol. The SMILES string of the molecule is c1ccc(NCc2ccc3c(c2)Cc2ccccc2-3)cc1. The number of hydrogen-bond acceptors (Lipinski definition) is 1. The lowest BCUT2D eigenvalue weighted by Crippen LogP contribution is -1.99. The van der Waals surface area contributed by atoms with Crippen LogP contribution in [-0.4, -0.2) is 0 Å². The average molecular weight is 271 g/mol. The van der Waals surface area contributed by atoms with Crippen LogP contribution in [0.15, 0.2) is 72.8 Å². The van der Waals surface area contributed by atoms with E-state index in [1.165, 1.54) is 33.5 Å². The number of fused-ring (bicyclic) bond motifs is 3. The Bertz CT molecular complexity index is 775. The van der Waals surface area contributed by atoms with Crippen LogP contribution in [0.2, 0.25) is 0 Å². The van der Waals surface area contributed by atoms with Gasteiger partial charge in [-0.05, 0) is 46.4 Å². The summed E-state index contributed by atoms with van der Waals surface area (Å²) >= 11 is 0. The molecule has 21 heavy (non-hydrogen) atoms. The summed E-state index contributed by atoms with van der Waals surface area (Å²) in [5, 5.41) is 3.47. The number of anilines is 1. The smallest absolute Gasteiger partial charge is 0.0400 e. The van der Waals surface area contributed by atoms with E-state index in [4.69, 9.17) is 0 Å². The van der Waals surface area contributed by atoms with Crippen molar-refractivity contribution in [2.24, 2.45) is 0 Å². The Morgan fingerprint density at radius 1 is 0.714 bits per heavy atom. The zero-order chi connectivity index (χ0) is 14.1. The minimum Gasteiger partial charge on any atom is -0.381 e. The molecule has 102 valence electrons. The molecule has 0 bridgehead atoms. The van der Waals surface area contributed by atoms with Gasteiger partial charge in [-0.1, -0.05) is 60.7 Å². The Kier molecular flexibility index (Phi) is 2.97. The molecule has 0 saturated carbocycles. The summed E-state index contributed by atoms with van der Waals surface area (Å²) in [5.74, 6) is 0. The van der Waals surface area contributed by atoms with Crippen LogP contribution < -0.4 is 5.32 Å². The third kappa shape index (κ3) is 2.31. The van der Waals surface area contributed by atoms with E-state index in [0.29, 0.717) is 0 Å². The Balaban J connectivity index is 1.56. The van der Waals surface area contributed by atoms with Gasteiger partial charge in [0.15, 0.2) is 0 Å². The monoisotopic (exact) mass is 271 g/mol. The van der Waals surface area contributed by atoms with Crippen molar-refractivity contribution in [3.63, 3.8) is 0 Å². The average Bonchev–Trinajstić information content (AvgIpc) is 2.91. The first-order chi connectivity index (χ1) is 10.4. The fourth-order valence-electron chi connectivity index (χ4n) is 3.07. The molecule has 0 aromatic heterocycles. The van der Waals surface area contributed by atoms with Crippen LogP contribution in [0.3, 0.4) is 0 Å². The summed E-state index contributed by atoms with van der Waals surface area (Å²) in [4.78, 5) is 0. The van der Waals surface area contributed by atoms with E-state index in [9.17, 15) is 0 Å². The van der Waals surface area contributed by atoms with Gasteiger partial charge in [0.1, 0.15) is 0 Å².